The molecule has 0 aliphatic carbocycles. The second kappa shape index (κ2) is 7.97. The monoisotopic (exact) mass is 371 g/mol. The van der Waals surface area contributed by atoms with Crippen molar-refractivity contribution < 1.29 is 9.53 Å². The quantitative estimate of drug-likeness (QED) is 0.720. The van der Waals surface area contributed by atoms with Gasteiger partial charge in [0.1, 0.15) is 18.4 Å². The van der Waals surface area contributed by atoms with Gasteiger partial charge < -0.3 is 10.1 Å². The molecule has 0 spiro atoms. The lowest BCUT2D eigenvalue weighted by atomic mass is 10.2. The van der Waals surface area contributed by atoms with E-state index < -0.39 is 6.10 Å². The molecule has 26 heavy (non-hydrogen) atoms. The van der Waals surface area contributed by atoms with Crippen molar-refractivity contribution in [1.29, 1.82) is 0 Å². The smallest absolute Gasteiger partial charge is 0.261 e. The molecule has 2 heterocycles. The van der Waals surface area contributed by atoms with Gasteiger partial charge in [-0.15, -0.1) is 0 Å². The highest BCUT2D eigenvalue weighted by molar-refractivity contribution is 6.32. The van der Waals surface area contributed by atoms with Crippen LogP contribution in [0.2, 0.25) is 5.02 Å². The first kappa shape index (κ1) is 17.9. The van der Waals surface area contributed by atoms with Gasteiger partial charge in [0.2, 0.25) is 0 Å². The molecule has 7 nitrogen and oxygen atoms in total. The molecule has 3 rings (SSSR count). The molecule has 2 aromatic heterocycles. The van der Waals surface area contributed by atoms with Crippen molar-refractivity contribution >= 4 is 17.5 Å². The molecule has 0 bridgehead atoms. The second-order valence-corrected chi connectivity index (χ2v) is 6.15. The Hall–Kier alpha value is -2.93. The van der Waals surface area contributed by atoms with E-state index in [2.05, 4.69) is 20.4 Å². The third-order valence-electron chi connectivity index (χ3n) is 3.72. The summed E-state index contributed by atoms with van der Waals surface area (Å²) >= 11 is 6.12. The van der Waals surface area contributed by atoms with Gasteiger partial charge in [-0.1, -0.05) is 23.7 Å². The van der Waals surface area contributed by atoms with Gasteiger partial charge in [-0.05, 0) is 37.6 Å². The summed E-state index contributed by atoms with van der Waals surface area (Å²) in [7, 11) is 0. The summed E-state index contributed by atoms with van der Waals surface area (Å²) in [5.41, 5.74) is 1.82. The Kier molecular flexibility index (Phi) is 5.48. The van der Waals surface area contributed by atoms with E-state index >= 15 is 0 Å². The minimum atomic E-state index is -0.694. The Balaban J connectivity index is 1.65. The maximum absolute atomic E-state index is 12.4. The number of aryl methyl sites for hydroxylation is 1. The zero-order chi connectivity index (χ0) is 18.5. The van der Waals surface area contributed by atoms with E-state index in [4.69, 9.17) is 16.3 Å². The number of pyridine rings is 1. The van der Waals surface area contributed by atoms with Crippen LogP contribution in [0.3, 0.4) is 0 Å². The Bertz CT molecular complexity index is 898. The average Bonchev–Trinajstić information content (AvgIpc) is 3.17. The Morgan fingerprint density at radius 1 is 1.38 bits per heavy atom. The zero-order valence-electron chi connectivity index (χ0n) is 14.4. The lowest BCUT2D eigenvalue weighted by Crippen LogP contribution is -2.36. The van der Waals surface area contributed by atoms with Gasteiger partial charge in [-0.25, -0.2) is 14.6 Å². The molecule has 3 aromatic rings. The van der Waals surface area contributed by atoms with E-state index in [-0.39, 0.29) is 12.5 Å². The lowest BCUT2D eigenvalue weighted by molar-refractivity contribution is -0.127. The molecule has 1 aromatic carbocycles. The highest BCUT2D eigenvalue weighted by atomic mass is 35.5. The van der Waals surface area contributed by atoms with E-state index in [9.17, 15) is 4.79 Å². The number of amides is 1. The van der Waals surface area contributed by atoms with E-state index in [1.807, 2.05) is 19.1 Å². The first-order valence-corrected chi connectivity index (χ1v) is 8.42. The third-order valence-corrected chi connectivity index (χ3v) is 4.03. The molecule has 1 unspecified atom stereocenters. The number of aromatic nitrogens is 4. The van der Waals surface area contributed by atoms with E-state index in [0.29, 0.717) is 16.6 Å². The molecule has 8 heteroatoms. The van der Waals surface area contributed by atoms with Gasteiger partial charge in [0, 0.05) is 18.3 Å². The number of hydrogen-bond donors (Lipinski definition) is 1. The number of hydrogen-bond acceptors (Lipinski definition) is 5. The van der Waals surface area contributed by atoms with Crippen molar-refractivity contribution in [3.8, 4) is 11.6 Å². The fourth-order valence-corrected chi connectivity index (χ4v) is 2.53. The Labute approximate surface area is 156 Å². The van der Waals surface area contributed by atoms with Crippen LogP contribution < -0.4 is 10.1 Å². The second-order valence-electron chi connectivity index (χ2n) is 5.74. The lowest BCUT2D eigenvalue weighted by Gasteiger charge is -2.16. The standard InChI is InChI=1S/C18H18ClN5O2/c1-12-5-6-15(19)16(8-12)26-13(2)18(25)22-9-14-4-3-7-21-17(14)24-11-20-10-23-24/h3-8,10-11,13H,9H2,1-2H3,(H,22,25). The van der Waals surface area contributed by atoms with E-state index in [0.717, 1.165) is 11.1 Å². The topological polar surface area (TPSA) is 81.9 Å². The number of carbonyl (C=O) groups excluding carboxylic acids is 1. The number of nitrogens with zero attached hydrogens (tertiary/aromatic N) is 4. The number of carbonyl (C=O) groups is 1. The van der Waals surface area contributed by atoms with Crippen LogP contribution in [0.5, 0.6) is 5.75 Å². The number of benzene rings is 1. The molecule has 1 N–H and O–H groups in total. The predicted octanol–water partition coefficient (Wildman–Crippen LogP) is 2.71. The SMILES string of the molecule is Cc1ccc(Cl)c(OC(C)C(=O)NCc2cccnc2-n2cncn2)c1. The molecule has 0 saturated carbocycles. The summed E-state index contributed by atoms with van der Waals surface area (Å²) in [4.78, 5) is 20.6. The normalized spacial score (nSPS) is 11.8. The summed E-state index contributed by atoms with van der Waals surface area (Å²) in [6, 6.07) is 9.10. The first-order chi connectivity index (χ1) is 12.5. The van der Waals surface area contributed by atoms with E-state index in [1.54, 1.807) is 42.3 Å². The van der Waals surface area contributed by atoms with Crippen LogP contribution in [0.15, 0.2) is 49.2 Å². The summed E-state index contributed by atoms with van der Waals surface area (Å²) in [5, 5.41) is 7.39. The molecule has 0 aliphatic rings. The van der Waals surface area contributed by atoms with Crippen LogP contribution >= 0.6 is 11.6 Å². The molecular formula is C18H18ClN5O2. The van der Waals surface area contributed by atoms with Crippen LogP contribution in [0.4, 0.5) is 0 Å². The van der Waals surface area contributed by atoms with E-state index in [1.165, 1.54) is 6.33 Å². The van der Waals surface area contributed by atoms with Gasteiger partial charge in [-0.3, -0.25) is 4.79 Å². The number of nitrogens with one attached hydrogen (secondary N) is 1. The molecule has 0 aliphatic heterocycles. The van der Waals surface area contributed by atoms with Crippen molar-refractivity contribution in [3.63, 3.8) is 0 Å². The zero-order valence-corrected chi connectivity index (χ0v) is 15.1. The minimum absolute atomic E-state index is 0.254. The van der Waals surface area contributed by atoms with Gasteiger partial charge in [0.15, 0.2) is 11.9 Å². The average molecular weight is 372 g/mol. The fourth-order valence-electron chi connectivity index (χ4n) is 2.36. The highest BCUT2D eigenvalue weighted by Crippen LogP contribution is 2.26. The van der Waals surface area contributed by atoms with Crippen molar-refractivity contribution in [2.45, 2.75) is 26.5 Å². The summed E-state index contributed by atoms with van der Waals surface area (Å²) in [5.74, 6) is 0.843. The summed E-state index contributed by atoms with van der Waals surface area (Å²) < 4.78 is 7.24. The first-order valence-electron chi connectivity index (χ1n) is 8.04. The van der Waals surface area contributed by atoms with Crippen LogP contribution in [0.25, 0.3) is 5.82 Å². The summed E-state index contributed by atoms with van der Waals surface area (Å²) in [6.07, 6.45) is 3.95. The largest absolute Gasteiger partial charge is 0.479 e. The van der Waals surface area contributed by atoms with Crippen molar-refractivity contribution in [2.24, 2.45) is 0 Å². The molecule has 0 radical (unpaired) electrons. The number of ether oxygens (including phenoxy) is 1. The van der Waals surface area contributed by atoms with Crippen molar-refractivity contribution in [1.82, 2.24) is 25.1 Å². The van der Waals surface area contributed by atoms with Gasteiger partial charge in [0.05, 0.1) is 5.02 Å². The summed E-state index contributed by atoms with van der Waals surface area (Å²) in [6.45, 7) is 3.90. The van der Waals surface area contributed by atoms with Crippen LogP contribution in [-0.2, 0) is 11.3 Å². The van der Waals surface area contributed by atoms with Gasteiger partial charge in [0.25, 0.3) is 5.91 Å². The van der Waals surface area contributed by atoms with Crippen molar-refractivity contribution in [2.75, 3.05) is 0 Å². The molecule has 1 amide bonds. The van der Waals surface area contributed by atoms with Gasteiger partial charge >= 0.3 is 0 Å². The number of rotatable bonds is 6. The van der Waals surface area contributed by atoms with Crippen molar-refractivity contribution in [3.05, 3.63) is 65.3 Å². The van der Waals surface area contributed by atoms with Gasteiger partial charge in [-0.2, -0.15) is 5.10 Å². The van der Waals surface area contributed by atoms with Crippen LogP contribution in [-0.4, -0.2) is 31.8 Å². The third kappa shape index (κ3) is 4.18. The predicted molar refractivity (Wildman–Crippen MR) is 97.3 cm³/mol. The molecular weight excluding hydrogens is 354 g/mol. The molecule has 0 fully saturated rings. The highest BCUT2D eigenvalue weighted by Gasteiger charge is 2.17. The van der Waals surface area contributed by atoms with Crippen LogP contribution in [0, 0.1) is 6.92 Å². The number of halogens is 1. The fraction of sp³-hybridized carbons (Fsp3) is 0.222. The maximum Gasteiger partial charge on any atom is 0.261 e. The maximum atomic E-state index is 12.4. The minimum Gasteiger partial charge on any atom is -0.479 e. The Morgan fingerprint density at radius 3 is 3.00 bits per heavy atom. The van der Waals surface area contributed by atoms with Crippen LogP contribution in [0.1, 0.15) is 18.1 Å². The Morgan fingerprint density at radius 2 is 2.23 bits per heavy atom. The molecule has 0 saturated heterocycles. The molecule has 134 valence electrons. The molecule has 1 atom stereocenters.